The highest BCUT2D eigenvalue weighted by Crippen LogP contribution is 2.31. The third kappa shape index (κ3) is 3.77. The number of hydrogen-bond donors (Lipinski definition) is 0. The van der Waals surface area contributed by atoms with Crippen LogP contribution in [0.15, 0.2) is 54.6 Å². The summed E-state index contributed by atoms with van der Waals surface area (Å²) >= 11 is 3.35. The molecule has 0 aromatic heterocycles. The van der Waals surface area contributed by atoms with E-state index in [1.807, 2.05) is 30.3 Å². The van der Waals surface area contributed by atoms with Crippen LogP contribution in [0.4, 0.5) is 13.2 Å². The number of hydrogen-bond acceptors (Lipinski definition) is 1. The van der Waals surface area contributed by atoms with Crippen molar-refractivity contribution in [2.24, 2.45) is 0 Å². The SMILES string of the molecule is N#CC=C(c1ccc(CBr)cc1)c1ccc(C(F)(F)F)cc1. The summed E-state index contributed by atoms with van der Waals surface area (Å²) in [5.74, 6) is 0. The first kappa shape index (κ1) is 16.3. The molecule has 2 aromatic carbocycles. The average molecular weight is 366 g/mol. The van der Waals surface area contributed by atoms with E-state index in [9.17, 15) is 13.2 Å². The lowest BCUT2D eigenvalue weighted by Gasteiger charge is -2.10. The molecule has 0 atom stereocenters. The molecule has 0 N–H and O–H groups in total. The van der Waals surface area contributed by atoms with Crippen LogP contribution >= 0.6 is 15.9 Å². The summed E-state index contributed by atoms with van der Waals surface area (Å²) in [7, 11) is 0. The Morgan fingerprint density at radius 1 is 1.00 bits per heavy atom. The minimum absolute atomic E-state index is 0.571. The molecule has 0 saturated heterocycles. The van der Waals surface area contributed by atoms with Gasteiger partial charge in [-0.05, 0) is 34.4 Å². The van der Waals surface area contributed by atoms with E-state index >= 15 is 0 Å². The summed E-state index contributed by atoms with van der Waals surface area (Å²) in [6.45, 7) is 0. The van der Waals surface area contributed by atoms with Crippen LogP contribution in [0.1, 0.15) is 22.3 Å². The Morgan fingerprint density at radius 2 is 1.50 bits per heavy atom. The molecule has 0 amide bonds. The Bertz CT molecular complexity index is 708. The Labute approximate surface area is 134 Å². The van der Waals surface area contributed by atoms with Crippen LogP contribution in [-0.4, -0.2) is 0 Å². The predicted octanol–water partition coefficient (Wildman–Crippen LogP) is 5.56. The van der Waals surface area contributed by atoms with Crippen molar-refractivity contribution in [2.45, 2.75) is 11.5 Å². The monoisotopic (exact) mass is 365 g/mol. The molecule has 0 fully saturated rings. The minimum Gasteiger partial charge on any atom is -0.193 e. The molecule has 0 bridgehead atoms. The predicted molar refractivity (Wildman–Crippen MR) is 83.2 cm³/mol. The molecule has 0 aliphatic carbocycles. The molecule has 5 heteroatoms. The normalized spacial score (nSPS) is 12.0. The Kier molecular flexibility index (Phi) is 5.04. The van der Waals surface area contributed by atoms with E-state index in [0.717, 1.165) is 23.3 Å². The lowest BCUT2D eigenvalue weighted by atomic mass is 9.96. The molecule has 112 valence electrons. The van der Waals surface area contributed by atoms with E-state index in [0.29, 0.717) is 16.5 Å². The van der Waals surface area contributed by atoms with Gasteiger partial charge >= 0.3 is 6.18 Å². The van der Waals surface area contributed by atoms with Crippen LogP contribution in [-0.2, 0) is 11.5 Å². The van der Waals surface area contributed by atoms with E-state index in [1.165, 1.54) is 18.2 Å². The van der Waals surface area contributed by atoms with Gasteiger partial charge in [-0.3, -0.25) is 0 Å². The van der Waals surface area contributed by atoms with Gasteiger partial charge < -0.3 is 0 Å². The van der Waals surface area contributed by atoms with E-state index in [-0.39, 0.29) is 0 Å². The summed E-state index contributed by atoms with van der Waals surface area (Å²) < 4.78 is 37.8. The Hall–Kier alpha value is -2.06. The van der Waals surface area contributed by atoms with Crippen LogP contribution in [0.2, 0.25) is 0 Å². The fourth-order valence-corrected chi connectivity index (χ4v) is 2.38. The van der Waals surface area contributed by atoms with Gasteiger partial charge in [0.25, 0.3) is 0 Å². The Morgan fingerprint density at radius 3 is 1.91 bits per heavy atom. The molecular formula is C17H11BrF3N. The molecule has 1 nitrogen and oxygen atoms in total. The minimum atomic E-state index is -4.37. The second-order valence-corrected chi connectivity index (χ2v) is 5.15. The summed E-state index contributed by atoms with van der Waals surface area (Å²) in [5.41, 5.74) is 2.32. The van der Waals surface area contributed by atoms with Gasteiger partial charge in [-0.1, -0.05) is 52.3 Å². The summed E-state index contributed by atoms with van der Waals surface area (Å²) in [4.78, 5) is 0. The molecule has 0 saturated carbocycles. The van der Waals surface area contributed by atoms with Gasteiger partial charge in [-0.2, -0.15) is 18.4 Å². The third-order valence-electron chi connectivity index (χ3n) is 3.15. The maximum atomic E-state index is 12.6. The second-order valence-electron chi connectivity index (χ2n) is 4.59. The summed E-state index contributed by atoms with van der Waals surface area (Å²) in [5, 5.41) is 9.64. The molecule has 0 heterocycles. The number of nitriles is 1. The van der Waals surface area contributed by atoms with Crippen molar-refractivity contribution in [3.63, 3.8) is 0 Å². The second kappa shape index (κ2) is 6.80. The fraction of sp³-hybridized carbons (Fsp3) is 0.118. The topological polar surface area (TPSA) is 23.8 Å². The van der Waals surface area contributed by atoms with Gasteiger partial charge in [0.2, 0.25) is 0 Å². The molecule has 0 spiro atoms. The lowest BCUT2D eigenvalue weighted by Crippen LogP contribution is -2.04. The first-order valence-electron chi connectivity index (χ1n) is 6.38. The van der Waals surface area contributed by atoms with E-state index in [4.69, 9.17) is 5.26 Å². The third-order valence-corrected chi connectivity index (χ3v) is 3.80. The van der Waals surface area contributed by atoms with Gasteiger partial charge in [0.05, 0.1) is 11.6 Å². The summed E-state index contributed by atoms with van der Waals surface area (Å²) in [6.07, 6.45) is -3.03. The van der Waals surface area contributed by atoms with Crippen molar-refractivity contribution in [1.29, 1.82) is 5.26 Å². The average Bonchev–Trinajstić information content (AvgIpc) is 2.52. The molecule has 0 radical (unpaired) electrons. The van der Waals surface area contributed by atoms with Gasteiger partial charge in [0.15, 0.2) is 0 Å². The molecule has 22 heavy (non-hydrogen) atoms. The van der Waals surface area contributed by atoms with Gasteiger partial charge in [-0.15, -0.1) is 0 Å². The number of allylic oxidation sites excluding steroid dienone is 1. The van der Waals surface area contributed by atoms with Crippen LogP contribution < -0.4 is 0 Å². The van der Waals surface area contributed by atoms with Crippen molar-refractivity contribution in [2.75, 3.05) is 0 Å². The molecule has 0 unspecified atom stereocenters. The largest absolute Gasteiger partial charge is 0.416 e. The molecule has 0 aliphatic rings. The number of alkyl halides is 4. The molecule has 0 aliphatic heterocycles. The van der Waals surface area contributed by atoms with Crippen LogP contribution in [0.25, 0.3) is 5.57 Å². The number of halogens is 4. The Balaban J connectivity index is 2.40. The van der Waals surface area contributed by atoms with E-state index in [2.05, 4.69) is 15.9 Å². The standard InChI is InChI=1S/C17H11BrF3N/c18-11-12-1-3-13(4-2-12)16(9-10-22)14-5-7-15(8-6-14)17(19,20)21/h1-9H,11H2. The number of rotatable bonds is 3. The van der Waals surface area contributed by atoms with Crippen molar-refractivity contribution < 1.29 is 13.2 Å². The van der Waals surface area contributed by atoms with Crippen molar-refractivity contribution in [3.05, 3.63) is 76.9 Å². The van der Waals surface area contributed by atoms with Crippen molar-refractivity contribution in [3.8, 4) is 6.07 Å². The van der Waals surface area contributed by atoms with Crippen LogP contribution in [0.5, 0.6) is 0 Å². The van der Waals surface area contributed by atoms with E-state index in [1.54, 1.807) is 0 Å². The number of nitrogens with zero attached hydrogens (tertiary/aromatic N) is 1. The van der Waals surface area contributed by atoms with Gasteiger partial charge in [0.1, 0.15) is 0 Å². The summed E-state index contributed by atoms with van der Waals surface area (Å²) in [6, 6.07) is 14.2. The zero-order valence-corrected chi connectivity index (χ0v) is 12.9. The maximum Gasteiger partial charge on any atom is 0.416 e. The first-order valence-corrected chi connectivity index (χ1v) is 7.50. The van der Waals surface area contributed by atoms with Crippen molar-refractivity contribution >= 4 is 21.5 Å². The first-order chi connectivity index (χ1) is 10.5. The fourth-order valence-electron chi connectivity index (χ4n) is 2.01. The van der Waals surface area contributed by atoms with Gasteiger partial charge in [-0.25, -0.2) is 0 Å². The highest BCUT2D eigenvalue weighted by Gasteiger charge is 2.30. The molecule has 2 aromatic rings. The number of benzene rings is 2. The zero-order valence-electron chi connectivity index (χ0n) is 11.4. The highest BCUT2D eigenvalue weighted by molar-refractivity contribution is 9.08. The van der Waals surface area contributed by atoms with Crippen LogP contribution in [0.3, 0.4) is 0 Å². The molecule has 2 rings (SSSR count). The highest BCUT2D eigenvalue weighted by atomic mass is 79.9. The van der Waals surface area contributed by atoms with E-state index < -0.39 is 11.7 Å². The van der Waals surface area contributed by atoms with Crippen LogP contribution in [0, 0.1) is 11.3 Å². The van der Waals surface area contributed by atoms with Gasteiger partial charge in [0, 0.05) is 11.4 Å². The lowest BCUT2D eigenvalue weighted by molar-refractivity contribution is -0.137. The molecular weight excluding hydrogens is 355 g/mol. The smallest absolute Gasteiger partial charge is 0.193 e. The zero-order chi connectivity index (χ0) is 16.2. The maximum absolute atomic E-state index is 12.6. The van der Waals surface area contributed by atoms with Crippen molar-refractivity contribution in [1.82, 2.24) is 0 Å². The quantitative estimate of drug-likeness (QED) is 0.516.